The minimum absolute atomic E-state index is 0.0103. The van der Waals surface area contributed by atoms with E-state index in [-0.39, 0.29) is 23.3 Å². The van der Waals surface area contributed by atoms with E-state index in [4.69, 9.17) is 0 Å². The molecule has 2 amide bonds. The smallest absolute Gasteiger partial charge is 0.255 e. The Morgan fingerprint density at radius 1 is 1.00 bits per heavy atom. The summed E-state index contributed by atoms with van der Waals surface area (Å²) in [6.07, 6.45) is 4.57. The van der Waals surface area contributed by atoms with Crippen molar-refractivity contribution in [2.24, 2.45) is 11.3 Å². The van der Waals surface area contributed by atoms with E-state index in [1.165, 1.54) is 0 Å². The summed E-state index contributed by atoms with van der Waals surface area (Å²) >= 11 is 0. The number of benzene rings is 1. The van der Waals surface area contributed by atoms with Gasteiger partial charge in [0.05, 0.1) is 5.56 Å². The monoisotopic (exact) mass is 399 g/mol. The second kappa shape index (κ2) is 9.19. The van der Waals surface area contributed by atoms with Crippen molar-refractivity contribution < 1.29 is 9.59 Å². The highest BCUT2D eigenvalue weighted by atomic mass is 16.2. The minimum atomic E-state index is 0.0103. The van der Waals surface area contributed by atoms with Gasteiger partial charge in [-0.1, -0.05) is 39.8 Å². The number of rotatable bonds is 4. The largest absolute Gasteiger partial charge is 0.371 e. The van der Waals surface area contributed by atoms with Crippen molar-refractivity contribution in [2.75, 3.05) is 31.1 Å². The summed E-state index contributed by atoms with van der Waals surface area (Å²) in [6.45, 7) is 12.0. The number of nitrogens with one attached hydrogen (secondary N) is 1. The maximum absolute atomic E-state index is 13.2. The van der Waals surface area contributed by atoms with Gasteiger partial charge in [0.1, 0.15) is 0 Å². The van der Waals surface area contributed by atoms with E-state index in [1.54, 1.807) is 0 Å². The van der Waals surface area contributed by atoms with Crippen LogP contribution in [0.15, 0.2) is 24.3 Å². The lowest BCUT2D eigenvalue weighted by Crippen LogP contribution is -2.46. The van der Waals surface area contributed by atoms with Gasteiger partial charge in [-0.2, -0.15) is 0 Å². The van der Waals surface area contributed by atoms with E-state index in [0.29, 0.717) is 12.3 Å². The molecule has 2 heterocycles. The molecule has 2 aliphatic heterocycles. The SMILES string of the molecule is CC1CCN(C(=O)c2ccccc2N2CCC(NC(=O)CC(C)(C)C)CC2)CC1. The van der Waals surface area contributed by atoms with Crippen LogP contribution < -0.4 is 10.2 Å². The van der Waals surface area contributed by atoms with Crippen LogP contribution in [-0.4, -0.2) is 48.9 Å². The first-order valence-corrected chi connectivity index (χ1v) is 11.2. The molecule has 1 aromatic rings. The number of likely N-dealkylation sites (tertiary alicyclic amines) is 1. The van der Waals surface area contributed by atoms with E-state index in [0.717, 1.165) is 63.1 Å². The summed E-state index contributed by atoms with van der Waals surface area (Å²) in [5.41, 5.74) is 1.86. The molecule has 2 fully saturated rings. The van der Waals surface area contributed by atoms with Gasteiger partial charge in [0.15, 0.2) is 0 Å². The highest BCUT2D eigenvalue weighted by molar-refractivity contribution is 6.00. The lowest BCUT2D eigenvalue weighted by molar-refractivity contribution is -0.123. The topological polar surface area (TPSA) is 52.7 Å². The van der Waals surface area contributed by atoms with Gasteiger partial charge in [-0.3, -0.25) is 9.59 Å². The molecule has 0 unspecified atom stereocenters. The maximum Gasteiger partial charge on any atom is 0.255 e. The molecule has 0 atom stereocenters. The van der Waals surface area contributed by atoms with Crippen LogP contribution in [-0.2, 0) is 4.79 Å². The quantitative estimate of drug-likeness (QED) is 0.830. The highest BCUT2D eigenvalue weighted by Crippen LogP contribution is 2.27. The number of carbonyl (C=O) groups is 2. The van der Waals surface area contributed by atoms with Crippen LogP contribution in [0.3, 0.4) is 0 Å². The van der Waals surface area contributed by atoms with Crippen molar-refractivity contribution in [2.45, 2.75) is 65.8 Å². The van der Waals surface area contributed by atoms with Gasteiger partial charge in [-0.05, 0) is 49.1 Å². The summed E-state index contributed by atoms with van der Waals surface area (Å²) in [6, 6.07) is 8.24. The molecule has 5 heteroatoms. The molecular weight excluding hydrogens is 362 g/mol. The number of nitrogens with zero attached hydrogens (tertiary/aromatic N) is 2. The lowest BCUT2D eigenvalue weighted by atomic mass is 9.91. The molecule has 5 nitrogen and oxygen atoms in total. The molecule has 0 spiro atoms. The number of hydrogen-bond donors (Lipinski definition) is 1. The van der Waals surface area contributed by atoms with Gasteiger partial charge in [-0.25, -0.2) is 0 Å². The normalized spacial score (nSPS) is 19.3. The van der Waals surface area contributed by atoms with Gasteiger partial charge in [0.2, 0.25) is 5.91 Å². The number of anilines is 1. The fourth-order valence-electron chi connectivity index (χ4n) is 4.34. The summed E-state index contributed by atoms with van der Waals surface area (Å²) in [5, 5.41) is 3.20. The van der Waals surface area contributed by atoms with Crippen molar-refractivity contribution in [1.82, 2.24) is 10.2 Å². The second-order valence-electron chi connectivity index (χ2n) is 10.1. The lowest BCUT2D eigenvalue weighted by Gasteiger charge is -2.36. The van der Waals surface area contributed by atoms with E-state index in [2.05, 4.69) is 44.0 Å². The van der Waals surface area contributed by atoms with Gasteiger partial charge in [0.25, 0.3) is 5.91 Å². The number of amides is 2. The number of para-hydroxylation sites is 1. The molecule has 0 aromatic heterocycles. The molecule has 160 valence electrons. The predicted molar refractivity (Wildman–Crippen MR) is 118 cm³/mol. The van der Waals surface area contributed by atoms with Crippen LogP contribution in [0.1, 0.15) is 70.2 Å². The van der Waals surface area contributed by atoms with Crippen molar-refractivity contribution in [3.8, 4) is 0 Å². The third-order valence-electron chi connectivity index (χ3n) is 6.10. The zero-order chi connectivity index (χ0) is 21.0. The van der Waals surface area contributed by atoms with Crippen LogP contribution in [0.5, 0.6) is 0 Å². The molecule has 3 rings (SSSR count). The molecule has 2 aliphatic rings. The van der Waals surface area contributed by atoms with E-state index >= 15 is 0 Å². The van der Waals surface area contributed by atoms with Crippen LogP contribution in [0, 0.1) is 11.3 Å². The van der Waals surface area contributed by atoms with Crippen LogP contribution >= 0.6 is 0 Å². The van der Waals surface area contributed by atoms with E-state index < -0.39 is 0 Å². The average molecular weight is 400 g/mol. The Bertz CT molecular complexity index is 709. The number of carbonyl (C=O) groups excluding carboxylic acids is 2. The van der Waals surface area contributed by atoms with E-state index in [1.807, 2.05) is 23.1 Å². The second-order valence-corrected chi connectivity index (χ2v) is 10.1. The van der Waals surface area contributed by atoms with Crippen LogP contribution in [0.2, 0.25) is 0 Å². The number of hydrogen-bond acceptors (Lipinski definition) is 3. The molecule has 0 saturated carbocycles. The first-order valence-electron chi connectivity index (χ1n) is 11.2. The summed E-state index contributed by atoms with van der Waals surface area (Å²) in [5.74, 6) is 1.01. The Kier molecular flexibility index (Phi) is 6.86. The Labute approximate surface area is 175 Å². The molecule has 0 radical (unpaired) electrons. The standard InChI is InChI=1S/C24H37N3O2/c1-18-9-13-27(14-10-18)23(29)20-7-5-6-8-21(20)26-15-11-19(12-16-26)25-22(28)17-24(2,3)4/h5-8,18-19H,9-17H2,1-4H3,(H,25,28). The zero-order valence-electron chi connectivity index (χ0n) is 18.5. The first kappa shape index (κ1) is 21.7. The number of piperidine rings is 2. The highest BCUT2D eigenvalue weighted by Gasteiger charge is 2.27. The van der Waals surface area contributed by atoms with Crippen LogP contribution in [0.4, 0.5) is 5.69 Å². The molecule has 0 aliphatic carbocycles. The van der Waals surface area contributed by atoms with Crippen LogP contribution in [0.25, 0.3) is 0 Å². The van der Waals surface area contributed by atoms with Gasteiger partial charge >= 0.3 is 0 Å². The van der Waals surface area contributed by atoms with Crippen molar-refractivity contribution in [1.29, 1.82) is 0 Å². The molecule has 2 saturated heterocycles. The maximum atomic E-state index is 13.2. The van der Waals surface area contributed by atoms with Crippen molar-refractivity contribution >= 4 is 17.5 Å². The predicted octanol–water partition coefficient (Wildman–Crippen LogP) is 4.08. The Hall–Kier alpha value is -2.04. The van der Waals surface area contributed by atoms with Crippen molar-refractivity contribution in [3.05, 3.63) is 29.8 Å². The molecule has 1 aromatic carbocycles. The summed E-state index contributed by atoms with van der Waals surface area (Å²) < 4.78 is 0. The fourth-order valence-corrected chi connectivity index (χ4v) is 4.34. The third kappa shape index (κ3) is 5.97. The summed E-state index contributed by atoms with van der Waals surface area (Å²) in [7, 11) is 0. The van der Waals surface area contributed by atoms with Gasteiger partial charge in [0, 0.05) is 44.3 Å². The Morgan fingerprint density at radius 3 is 2.24 bits per heavy atom. The van der Waals surface area contributed by atoms with Crippen molar-refractivity contribution in [3.63, 3.8) is 0 Å². The zero-order valence-corrected chi connectivity index (χ0v) is 18.5. The van der Waals surface area contributed by atoms with Gasteiger partial charge in [-0.15, -0.1) is 0 Å². The Morgan fingerprint density at radius 2 is 1.62 bits per heavy atom. The third-order valence-corrected chi connectivity index (χ3v) is 6.10. The average Bonchev–Trinajstić information content (AvgIpc) is 2.67. The summed E-state index contributed by atoms with van der Waals surface area (Å²) in [4.78, 5) is 29.7. The first-order chi connectivity index (χ1) is 13.7. The van der Waals surface area contributed by atoms with E-state index in [9.17, 15) is 9.59 Å². The molecule has 0 bridgehead atoms. The molecule has 1 N–H and O–H groups in total. The molecular formula is C24H37N3O2. The van der Waals surface area contributed by atoms with Gasteiger partial charge < -0.3 is 15.1 Å². The minimum Gasteiger partial charge on any atom is -0.371 e. The Balaban J connectivity index is 1.60. The fraction of sp³-hybridized carbons (Fsp3) is 0.667. The molecule has 29 heavy (non-hydrogen) atoms.